The number of aliphatic hydroxyl groups excluding tert-OH is 7. The van der Waals surface area contributed by atoms with E-state index in [0.29, 0.717) is 19.6 Å². The molecule has 0 amide bonds. The Hall–Kier alpha value is -2.36. The highest BCUT2D eigenvalue weighted by Crippen LogP contribution is 2.35. The molecule has 1 aliphatic carbocycles. The third-order valence-electron chi connectivity index (χ3n) is 11.8. The number of benzene rings is 2. The van der Waals surface area contributed by atoms with Crippen LogP contribution in [0, 0.1) is 0 Å². The molecule has 4 fully saturated rings. The molecule has 3 saturated heterocycles. The van der Waals surface area contributed by atoms with Crippen molar-refractivity contribution in [3.8, 4) is 0 Å². The molecule has 3 heterocycles. The van der Waals surface area contributed by atoms with Crippen molar-refractivity contribution >= 4 is 0 Å². The number of ether oxygens (including phenoxy) is 7. The molecule has 2 aromatic rings. The lowest BCUT2D eigenvalue weighted by Gasteiger charge is -2.47. The molecule has 17 N–H and O–H groups in total. The number of hydrogen-bond donors (Lipinski definition) is 12. The van der Waals surface area contributed by atoms with Gasteiger partial charge in [0.25, 0.3) is 0 Å². The van der Waals surface area contributed by atoms with Crippen LogP contribution in [-0.2, 0) is 46.1 Å². The van der Waals surface area contributed by atoms with Crippen molar-refractivity contribution in [2.45, 2.75) is 136 Å². The number of rotatable bonds is 18. The second-order valence-electron chi connectivity index (χ2n) is 16.0. The van der Waals surface area contributed by atoms with Gasteiger partial charge in [0.1, 0.15) is 67.1 Å². The van der Waals surface area contributed by atoms with Crippen LogP contribution in [0.5, 0.6) is 0 Å². The highest BCUT2D eigenvalue weighted by atomic mass is 16.8. The van der Waals surface area contributed by atoms with E-state index in [-0.39, 0.29) is 19.6 Å². The summed E-state index contributed by atoms with van der Waals surface area (Å²) in [6, 6.07) is 15.7. The molecule has 0 spiro atoms. The first-order valence-corrected chi connectivity index (χ1v) is 20.5. The predicted octanol–water partition coefficient (Wildman–Crippen LogP) is -5.09. The van der Waals surface area contributed by atoms with Crippen LogP contribution in [0.1, 0.15) is 17.5 Å². The van der Waals surface area contributed by atoms with E-state index < -0.39 is 129 Å². The molecule has 0 bridgehead atoms. The maximum Gasteiger partial charge on any atom is 0.187 e. The van der Waals surface area contributed by atoms with Crippen molar-refractivity contribution in [3.05, 3.63) is 71.8 Å². The molecule has 338 valence electrons. The largest absolute Gasteiger partial charge is 0.394 e. The molecular weight excluding hydrogens is 788 g/mol. The fourth-order valence-corrected chi connectivity index (χ4v) is 8.22. The Morgan fingerprint density at radius 1 is 0.567 bits per heavy atom. The van der Waals surface area contributed by atoms with Crippen molar-refractivity contribution in [3.63, 3.8) is 0 Å². The minimum atomic E-state index is -1.53. The normalized spacial score (nSPS) is 41.2. The van der Waals surface area contributed by atoms with E-state index in [9.17, 15) is 35.7 Å². The Bertz CT molecular complexity index is 1560. The molecule has 2 aromatic carbocycles. The van der Waals surface area contributed by atoms with Gasteiger partial charge < -0.3 is 97.6 Å². The number of nitrogens with two attached hydrogens (primary N) is 5. The zero-order valence-electron chi connectivity index (χ0n) is 33.4. The van der Waals surface area contributed by atoms with Crippen LogP contribution in [0.3, 0.4) is 0 Å². The van der Waals surface area contributed by atoms with E-state index in [1.807, 2.05) is 48.5 Å². The van der Waals surface area contributed by atoms with Crippen LogP contribution in [0.4, 0.5) is 0 Å². The molecule has 0 radical (unpaired) electrons. The van der Waals surface area contributed by atoms with Gasteiger partial charge in [0.2, 0.25) is 0 Å². The highest BCUT2D eigenvalue weighted by Gasteiger charge is 2.55. The lowest BCUT2D eigenvalue weighted by Crippen LogP contribution is -2.68. The smallest absolute Gasteiger partial charge is 0.187 e. The molecule has 60 heavy (non-hydrogen) atoms. The summed E-state index contributed by atoms with van der Waals surface area (Å²) in [6.45, 7) is 0.398. The zero-order chi connectivity index (χ0) is 43.1. The minimum Gasteiger partial charge on any atom is -0.394 e. The van der Waals surface area contributed by atoms with Gasteiger partial charge in [0.05, 0.1) is 38.0 Å². The Morgan fingerprint density at radius 3 is 1.70 bits per heavy atom. The van der Waals surface area contributed by atoms with Gasteiger partial charge in [-0.2, -0.15) is 0 Å². The first-order chi connectivity index (χ1) is 28.8. The fourth-order valence-electron chi connectivity index (χ4n) is 8.22. The molecule has 20 nitrogen and oxygen atoms in total. The third-order valence-corrected chi connectivity index (χ3v) is 11.8. The summed E-state index contributed by atoms with van der Waals surface area (Å²) in [6.07, 6.45) is -18.9. The van der Waals surface area contributed by atoms with E-state index in [4.69, 9.17) is 61.8 Å². The number of nitrogens with zero attached hydrogens (tertiary/aromatic N) is 1. The Morgan fingerprint density at radius 2 is 1.10 bits per heavy atom. The van der Waals surface area contributed by atoms with E-state index in [1.165, 1.54) is 0 Å². The van der Waals surface area contributed by atoms with Gasteiger partial charge in [-0.3, -0.25) is 4.90 Å². The van der Waals surface area contributed by atoms with E-state index in [1.54, 1.807) is 0 Å². The summed E-state index contributed by atoms with van der Waals surface area (Å²) in [7, 11) is 0. The zero-order valence-corrected chi connectivity index (χ0v) is 33.4. The Labute approximate surface area is 348 Å². The SMILES string of the molecule is NC[C@@H]1O[C@H](O[C@H]2[C@@H](OCCN(CCc3ccccc3)Cc3ccccc3)[C@H](O[C@@H]3[C@@H](O)[C@H](N)C[C@H](N)[C@H]3O[C@H]3O[C@H](CO)[C@@H](O)[C@H](O)[C@H]3N)O[C@@H]2CO)[C@H](N)[C@@H](O)[C@@H]1O. The van der Waals surface area contributed by atoms with Gasteiger partial charge in [-0.1, -0.05) is 60.7 Å². The Kier molecular flexibility index (Phi) is 17.1. The highest BCUT2D eigenvalue weighted by molar-refractivity contribution is 5.16. The molecule has 0 aromatic heterocycles. The average molecular weight is 853 g/mol. The number of aliphatic hydroxyl groups is 7. The molecule has 6 rings (SSSR count). The van der Waals surface area contributed by atoms with Gasteiger partial charge >= 0.3 is 0 Å². The maximum absolute atomic E-state index is 11.5. The lowest BCUT2D eigenvalue weighted by atomic mass is 9.84. The van der Waals surface area contributed by atoms with Crippen LogP contribution in [0.15, 0.2) is 60.7 Å². The summed E-state index contributed by atoms with van der Waals surface area (Å²) in [5.74, 6) is 0. The van der Waals surface area contributed by atoms with E-state index >= 15 is 0 Å². The number of hydrogen-bond acceptors (Lipinski definition) is 20. The summed E-state index contributed by atoms with van der Waals surface area (Å²) in [5.41, 5.74) is 33.5. The molecular formula is C40H64N6O14. The molecule has 1 saturated carbocycles. The lowest BCUT2D eigenvalue weighted by molar-refractivity contribution is -0.312. The summed E-state index contributed by atoms with van der Waals surface area (Å²) in [5, 5.41) is 74.2. The topological polar surface area (TPSA) is 340 Å². The van der Waals surface area contributed by atoms with Crippen molar-refractivity contribution in [1.29, 1.82) is 0 Å². The molecule has 20 heteroatoms. The molecule has 19 atom stereocenters. The first-order valence-electron chi connectivity index (χ1n) is 20.5. The van der Waals surface area contributed by atoms with Crippen LogP contribution in [-0.4, -0.2) is 196 Å². The second kappa shape index (κ2) is 21.8. The summed E-state index contributed by atoms with van der Waals surface area (Å²) in [4.78, 5) is 2.22. The van der Waals surface area contributed by atoms with Crippen LogP contribution in [0.25, 0.3) is 0 Å². The second-order valence-corrected chi connectivity index (χ2v) is 16.0. The maximum atomic E-state index is 11.5. The fraction of sp³-hybridized carbons (Fsp3) is 0.700. The van der Waals surface area contributed by atoms with Crippen LogP contribution >= 0.6 is 0 Å². The predicted molar refractivity (Wildman–Crippen MR) is 212 cm³/mol. The quantitative estimate of drug-likeness (QED) is 0.0667. The summed E-state index contributed by atoms with van der Waals surface area (Å²) >= 11 is 0. The molecule has 3 aliphatic heterocycles. The van der Waals surface area contributed by atoms with Gasteiger partial charge in [-0.15, -0.1) is 0 Å². The third kappa shape index (κ3) is 11.0. The van der Waals surface area contributed by atoms with E-state index in [2.05, 4.69) is 17.0 Å². The van der Waals surface area contributed by atoms with Crippen molar-refractivity contribution in [2.75, 3.05) is 39.5 Å². The minimum absolute atomic E-state index is 0.0757. The van der Waals surface area contributed by atoms with Gasteiger partial charge in [0, 0.05) is 38.3 Å². The summed E-state index contributed by atoms with van der Waals surface area (Å²) < 4.78 is 43.5. The van der Waals surface area contributed by atoms with Crippen molar-refractivity contribution in [2.24, 2.45) is 28.7 Å². The average Bonchev–Trinajstić information content (AvgIpc) is 3.58. The van der Waals surface area contributed by atoms with E-state index in [0.717, 1.165) is 17.5 Å². The molecule has 0 unspecified atom stereocenters. The van der Waals surface area contributed by atoms with Gasteiger partial charge in [0.15, 0.2) is 18.9 Å². The van der Waals surface area contributed by atoms with Crippen LogP contribution < -0.4 is 28.7 Å². The van der Waals surface area contributed by atoms with Gasteiger partial charge in [-0.05, 0) is 24.0 Å². The Balaban J connectivity index is 1.25. The molecule has 4 aliphatic rings. The van der Waals surface area contributed by atoms with Gasteiger partial charge in [-0.25, -0.2) is 0 Å². The van der Waals surface area contributed by atoms with Crippen LogP contribution in [0.2, 0.25) is 0 Å². The first kappa shape index (κ1) is 47.1. The van der Waals surface area contributed by atoms with Crippen molar-refractivity contribution in [1.82, 2.24) is 4.90 Å². The standard InChI is InChI=1S/C40H64N6O14/c41-16-24-30(50)32(52)27(44)38(55-24)59-35-26(19-48)57-40(37(35)54-14-13-46(17-21-9-5-2-6-10-21)12-11-20-7-3-1-4-8-20)60-36-29(49)22(42)15-23(43)34(36)58-39-28(45)33(53)31(51)25(18-47)56-39/h1-10,22-40,47-53H,11-19,41-45H2/t22-,23+,24+,25-,26-,27-,28-,29+,30-,31-,32-,33-,34-,35-,36-,37-,38-,39-,40+/m1/s1. The monoisotopic (exact) mass is 852 g/mol. The van der Waals surface area contributed by atoms with Crippen molar-refractivity contribution < 1.29 is 68.9 Å².